The van der Waals surface area contributed by atoms with Crippen LogP contribution in [0, 0.1) is 0 Å². The Balaban J connectivity index is 2.44. The summed E-state index contributed by atoms with van der Waals surface area (Å²) in [5, 5.41) is 17.6. The second-order valence-electron chi connectivity index (χ2n) is 4.05. The van der Waals surface area contributed by atoms with Crippen LogP contribution in [0.25, 0.3) is 0 Å². The molecule has 1 rings (SSSR count). The van der Waals surface area contributed by atoms with Gasteiger partial charge in [0.2, 0.25) is 0 Å². The third kappa shape index (κ3) is 4.94. The molecule has 1 aromatic rings. The number of phenolic OH excluding ortho intramolecular Hbond substituents is 1. The molecule has 0 fully saturated rings. The van der Waals surface area contributed by atoms with Crippen molar-refractivity contribution in [1.82, 2.24) is 0 Å². The molecule has 2 atom stereocenters. The van der Waals surface area contributed by atoms with Crippen molar-refractivity contribution in [3.8, 4) is 5.75 Å². The van der Waals surface area contributed by atoms with Crippen LogP contribution in [-0.4, -0.2) is 40.8 Å². The Kier molecular flexibility index (Phi) is 5.28. The Labute approximate surface area is 109 Å². The van der Waals surface area contributed by atoms with Crippen molar-refractivity contribution in [1.29, 1.82) is 0 Å². The van der Waals surface area contributed by atoms with E-state index in [-0.39, 0.29) is 12.2 Å². The number of aliphatic carboxylic acids is 1. The molecule has 0 heterocycles. The summed E-state index contributed by atoms with van der Waals surface area (Å²) in [4.78, 5) is 21.9. The maximum atomic E-state index is 11.5. The van der Waals surface area contributed by atoms with Crippen LogP contribution in [0.2, 0.25) is 0 Å². The molecule has 0 amide bonds. The topological polar surface area (TPSA) is 136 Å². The van der Waals surface area contributed by atoms with Crippen LogP contribution in [0.1, 0.15) is 5.56 Å². The first kappa shape index (κ1) is 14.9. The molecule has 0 saturated heterocycles. The number of rotatable bonds is 6. The van der Waals surface area contributed by atoms with E-state index in [4.69, 9.17) is 26.4 Å². The number of phenols is 1. The van der Waals surface area contributed by atoms with Gasteiger partial charge in [-0.3, -0.25) is 9.59 Å². The number of carbonyl (C=O) groups is 2. The van der Waals surface area contributed by atoms with Crippen LogP contribution in [0.4, 0.5) is 0 Å². The number of ether oxygens (including phenoxy) is 1. The van der Waals surface area contributed by atoms with Gasteiger partial charge in [-0.1, -0.05) is 12.1 Å². The Bertz CT molecular complexity index is 446. The molecule has 7 nitrogen and oxygen atoms in total. The summed E-state index contributed by atoms with van der Waals surface area (Å²) in [7, 11) is 0. The molecule has 19 heavy (non-hydrogen) atoms. The summed E-state index contributed by atoms with van der Waals surface area (Å²) in [6.45, 7) is -0.419. The molecule has 0 aliphatic rings. The van der Waals surface area contributed by atoms with Crippen molar-refractivity contribution in [3.05, 3.63) is 29.8 Å². The van der Waals surface area contributed by atoms with Gasteiger partial charge in [-0.25, -0.2) is 0 Å². The maximum absolute atomic E-state index is 11.5. The van der Waals surface area contributed by atoms with E-state index in [1.165, 1.54) is 12.1 Å². The zero-order chi connectivity index (χ0) is 14.4. The van der Waals surface area contributed by atoms with Gasteiger partial charge in [-0.15, -0.1) is 0 Å². The summed E-state index contributed by atoms with van der Waals surface area (Å²) >= 11 is 0. The first-order valence-electron chi connectivity index (χ1n) is 5.58. The highest BCUT2D eigenvalue weighted by molar-refractivity contribution is 5.77. The van der Waals surface area contributed by atoms with Crippen molar-refractivity contribution in [2.75, 3.05) is 6.61 Å². The monoisotopic (exact) mass is 268 g/mol. The summed E-state index contributed by atoms with van der Waals surface area (Å²) < 4.78 is 4.70. The largest absolute Gasteiger partial charge is 0.508 e. The number of hydrogen-bond acceptors (Lipinski definition) is 6. The molecule has 0 unspecified atom stereocenters. The van der Waals surface area contributed by atoms with Crippen LogP contribution in [0.3, 0.4) is 0 Å². The fraction of sp³-hybridized carbons (Fsp3) is 0.333. The molecule has 0 bridgehead atoms. The zero-order valence-corrected chi connectivity index (χ0v) is 10.2. The minimum Gasteiger partial charge on any atom is -0.508 e. The lowest BCUT2D eigenvalue weighted by Crippen LogP contribution is -2.40. The van der Waals surface area contributed by atoms with Crippen molar-refractivity contribution in [2.24, 2.45) is 11.5 Å². The van der Waals surface area contributed by atoms with E-state index in [1.54, 1.807) is 12.1 Å². The van der Waals surface area contributed by atoms with E-state index < -0.39 is 30.6 Å². The Hall–Kier alpha value is -2.12. The van der Waals surface area contributed by atoms with E-state index in [1.807, 2.05) is 0 Å². The minimum absolute atomic E-state index is 0.118. The van der Waals surface area contributed by atoms with Crippen molar-refractivity contribution < 1.29 is 24.5 Å². The number of carboxylic acids is 1. The predicted molar refractivity (Wildman–Crippen MR) is 66.4 cm³/mol. The molecule has 0 saturated carbocycles. The lowest BCUT2D eigenvalue weighted by Gasteiger charge is -2.13. The van der Waals surface area contributed by atoms with Gasteiger partial charge in [0.05, 0.1) is 0 Å². The molecule has 0 aromatic heterocycles. The zero-order valence-electron chi connectivity index (χ0n) is 10.2. The highest BCUT2D eigenvalue weighted by atomic mass is 16.5. The van der Waals surface area contributed by atoms with Gasteiger partial charge in [0.25, 0.3) is 0 Å². The van der Waals surface area contributed by atoms with E-state index in [2.05, 4.69) is 0 Å². The van der Waals surface area contributed by atoms with Crippen LogP contribution in [-0.2, 0) is 20.7 Å². The van der Waals surface area contributed by atoms with Crippen LogP contribution in [0.15, 0.2) is 24.3 Å². The summed E-state index contributed by atoms with van der Waals surface area (Å²) in [6.07, 6.45) is 0.224. The molecule has 6 N–H and O–H groups in total. The smallest absolute Gasteiger partial charge is 0.324 e. The first-order valence-corrected chi connectivity index (χ1v) is 5.58. The van der Waals surface area contributed by atoms with Crippen LogP contribution >= 0.6 is 0 Å². The molecule has 0 radical (unpaired) electrons. The number of benzene rings is 1. The summed E-state index contributed by atoms with van der Waals surface area (Å²) in [5.74, 6) is -1.85. The fourth-order valence-electron chi connectivity index (χ4n) is 1.32. The Morgan fingerprint density at radius 3 is 2.26 bits per heavy atom. The number of aromatic hydroxyl groups is 1. The van der Waals surface area contributed by atoms with Crippen molar-refractivity contribution >= 4 is 11.9 Å². The minimum atomic E-state index is -1.26. The highest BCUT2D eigenvalue weighted by Crippen LogP contribution is 2.11. The second-order valence-corrected chi connectivity index (χ2v) is 4.05. The summed E-state index contributed by atoms with van der Waals surface area (Å²) in [5.41, 5.74) is 11.6. The number of esters is 1. The third-order valence-electron chi connectivity index (χ3n) is 2.42. The van der Waals surface area contributed by atoms with Crippen molar-refractivity contribution in [2.45, 2.75) is 18.5 Å². The van der Waals surface area contributed by atoms with Gasteiger partial charge < -0.3 is 26.4 Å². The van der Waals surface area contributed by atoms with Crippen molar-refractivity contribution in [3.63, 3.8) is 0 Å². The van der Waals surface area contributed by atoms with Gasteiger partial charge in [-0.2, -0.15) is 0 Å². The van der Waals surface area contributed by atoms with Crippen LogP contribution in [0.5, 0.6) is 5.75 Å². The average molecular weight is 268 g/mol. The normalized spacial score (nSPS) is 13.6. The number of carbonyl (C=O) groups excluding carboxylic acids is 1. The predicted octanol–water partition coefficient (Wildman–Crippen LogP) is -0.783. The molecule has 1 aromatic carbocycles. The second kappa shape index (κ2) is 6.72. The maximum Gasteiger partial charge on any atom is 0.324 e. The number of nitrogens with two attached hydrogens (primary N) is 2. The Morgan fingerprint density at radius 1 is 1.16 bits per heavy atom. The van der Waals surface area contributed by atoms with E-state index >= 15 is 0 Å². The van der Waals surface area contributed by atoms with Gasteiger partial charge in [0.15, 0.2) is 0 Å². The quantitative estimate of drug-likeness (QED) is 0.497. The molecule has 7 heteroatoms. The first-order chi connectivity index (χ1) is 8.90. The van der Waals surface area contributed by atoms with E-state index in [9.17, 15) is 9.59 Å². The molecule has 0 aliphatic heterocycles. The molecular formula is C12H16N2O5. The van der Waals surface area contributed by atoms with Gasteiger partial charge in [0.1, 0.15) is 24.4 Å². The third-order valence-corrected chi connectivity index (χ3v) is 2.42. The highest BCUT2D eigenvalue weighted by Gasteiger charge is 2.19. The van der Waals surface area contributed by atoms with Gasteiger partial charge in [-0.05, 0) is 24.1 Å². The fourth-order valence-corrected chi connectivity index (χ4v) is 1.32. The number of carboxylic acid groups (broad SMARTS) is 1. The average Bonchev–Trinajstić information content (AvgIpc) is 2.37. The van der Waals surface area contributed by atoms with Gasteiger partial charge in [0, 0.05) is 0 Å². The molecule has 0 aliphatic carbocycles. The van der Waals surface area contributed by atoms with E-state index in [0.29, 0.717) is 0 Å². The molecule has 0 spiro atoms. The SMILES string of the molecule is N[C@@H](COC(=O)[C@@H](N)Cc1ccc(O)cc1)C(=O)O. The lowest BCUT2D eigenvalue weighted by molar-refractivity contribution is -0.149. The molecule has 104 valence electrons. The standard InChI is InChI=1S/C12H16N2O5/c13-9(5-7-1-3-8(15)4-2-7)12(18)19-6-10(14)11(16)17/h1-4,9-10,15H,5-6,13-14H2,(H,16,17)/t9-,10-/m0/s1. The number of hydrogen-bond donors (Lipinski definition) is 4. The lowest BCUT2D eigenvalue weighted by atomic mass is 10.1. The van der Waals surface area contributed by atoms with E-state index in [0.717, 1.165) is 5.56 Å². The molecular weight excluding hydrogens is 252 g/mol. The van der Waals surface area contributed by atoms with Crippen LogP contribution < -0.4 is 11.5 Å². The summed E-state index contributed by atoms with van der Waals surface area (Å²) in [6, 6.07) is 4.05. The Morgan fingerprint density at radius 2 is 1.74 bits per heavy atom. The van der Waals surface area contributed by atoms with Gasteiger partial charge >= 0.3 is 11.9 Å².